The summed E-state index contributed by atoms with van der Waals surface area (Å²) in [5.41, 5.74) is 0.551. The van der Waals surface area contributed by atoms with Crippen LogP contribution in [0.3, 0.4) is 0 Å². The molecular weight excluding hydrogens is 360 g/mol. The average Bonchev–Trinajstić information content (AvgIpc) is 2.68. The molecule has 1 heterocycles. The molecule has 0 saturated heterocycles. The Morgan fingerprint density at radius 1 is 1.19 bits per heavy atom. The average molecular weight is 385 g/mol. The van der Waals surface area contributed by atoms with Crippen molar-refractivity contribution in [3.05, 3.63) is 66.1 Å². The number of hydrogen-bond donors (Lipinski definition) is 1. The highest BCUT2D eigenvalue weighted by Gasteiger charge is 2.42. The van der Waals surface area contributed by atoms with Gasteiger partial charge in [0.1, 0.15) is 5.76 Å². The van der Waals surface area contributed by atoms with Gasteiger partial charge in [-0.15, -0.1) is 0 Å². The Labute approximate surface area is 160 Å². The van der Waals surface area contributed by atoms with Crippen molar-refractivity contribution >= 4 is 26.5 Å². The first kappa shape index (κ1) is 18.1. The second-order valence-electron chi connectivity index (χ2n) is 6.89. The van der Waals surface area contributed by atoms with Gasteiger partial charge in [0.25, 0.3) is 10.0 Å². The van der Waals surface area contributed by atoms with E-state index in [2.05, 4.69) is 5.32 Å². The van der Waals surface area contributed by atoms with Gasteiger partial charge in [0.05, 0.1) is 11.4 Å². The SMILES string of the molecule is CNCCCC1OC2=C(CCC=C2)N(c2ccc3ccccc3c2)S1(=O)=O. The molecular formula is C21H24N2O3S. The summed E-state index contributed by atoms with van der Waals surface area (Å²) in [5.74, 6) is 0.679. The molecule has 6 heteroatoms. The summed E-state index contributed by atoms with van der Waals surface area (Å²) in [7, 11) is -1.78. The molecule has 1 aliphatic carbocycles. The number of benzene rings is 2. The van der Waals surface area contributed by atoms with E-state index in [-0.39, 0.29) is 0 Å². The molecule has 2 aliphatic rings. The fourth-order valence-corrected chi connectivity index (χ4v) is 5.49. The topological polar surface area (TPSA) is 58.6 Å². The van der Waals surface area contributed by atoms with Gasteiger partial charge in [-0.25, -0.2) is 12.7 Å². The minimum absolute atomic E-state index is 0.456. The second kappa shape index (κ2) is 7.37. The molecule has 2 aromatic rings. The third-order valence-corrected chi connectivity index (χ3v) is 6.96. The van der Waals surface area contributed by atoms with E-state index >= 15 is 0 Å². The second-order valence-corrected chi connectivity index (χ2v) is 8.81. The molecule has 27 heavy (non-hydrogen) atoms. The number of allylic oxidation sites excluding steroid dienone is 3. The fourth-order valence-electron chi connectivity index (χ4n) is 3.67. The lowest BCUT2D eigenvalue weighted by molar-refractivity contribution is 0.167. The molecule has 5 nitrogen and oxygen atoms in total. The number of nitrogens with one attached hydrogen (secondary N) is 1. The van der Waals surface area contributed by atoms with Gasteiger partial charge < -0.3 is 10.1 Å². The van der Waals surface area contributed by atoms with E-state index in [4.69, 9.17) is 4.74 Å². The van der Waals surface area contributed by atoms with Crippen LogP contribution in [0, 0.1) is 0 Å². The largest absolute Gasteiger partial charge is 0.471 e. The maximum absolute atomic E-state index is 13.4. The summed E-state index contributed by atoms with van der Waals surface area (Å²) in [6.45, 7) is 0.757. The summed E-state index contributed by atoms with van der Waals surface area (Å²) < 4.78 is 34.3. The van der Waals surface area contributed by atoms with Gasteiger partial charge in [-0.05, 0) is 61.8 Å². The predicted octanol–water partition coefficient (Wildman–Crippen LogP) is 3.89. The van der Waals surface area contributed by atoms with E-state index < -0.39 is 15.5 Å². The Hall–Kier alpha value is -2.31. The molecule has 0 fully saturated rings. The standard InChI is InChI=1S/C21H24N2O3S/c1-22-14-6-11-21-26-20-10-5-4-9-19(20)23(27(21,24)25)18-13-12-16-7-2-3-8-17(16)15-18/h2-3,5,7-8,10,12-13,15,21-22H,4,6,9,11,14H2,1H3. The van der Waals surface area contributed by atoms with Crippen LogP contribution in [0.2, 0.25) is 0 Å². The summed E-state index contributed by atoms with van der Waals surface area (Å²) in [6.07, 6.45) is 6.61. The van der Waals surface area contributed by atoms with Crippen molar-refractivity contribution < 1.29 is 13.2 Å². The van der Waals surface area contributed by atoms with Crippen LogP contribution in [0.4, 0.5) is 5.69 Å². The lowest BCUT2D eigenvalue weighted by Gasteiger charge is -2.38. The Balaban J connectivity index is 1.79. The van der Waals surface area contributed by atoms with Crippen molar-refractivity contribution in [1.82, 2.24) is 5.32 Å². The first-order valence-corrected chi connectivity index (χ1v) is 10.9. The van der Waals surface area contributed by atoms with Crippen LogP contribution in [0.15, 0.2) is 66.1 Å². The third-order valence-electron chi connectivity index (χ3n) is 5.03. The molecule has 4 rings (SSSR count). The van der Waals surface area contributed by atoms with Crippen molar-refractivity contribution in [2.24, 2.45) is 0 Å². The number of hydrogen-bond acceptors (Lipinski definition) is 4. The van der Waals surface area contributed by atoms with Crippen molar-refractivity contribution in [2.45, 2.75) is 31.1 Å². The van der Waals surface area contributed by atoms with Gasteiger partial charge in [-0.2, -0.15) is 0 Å². The molecule has 2 aromatic carbocycles. The molecule has 1 atom stereocenters. The van der Waals surface area contributed by atoms with Crippen molar-refractivity contribution in [1.29, 1.82) is 0 Å². The van der Waals surface area contributed by atoms with Crippen LogP contribution < -0.4 is 9.62 Å². The summed E-state index contributed by atoms with van der Waals surface area (Å²) in [5, 5.41) is 5.18. The van der Waals surface area contributed by atoms with Gasteiger partial charge in [-0.1, -0.05) is 36.4 Å². The lowest BCUT2D eigenvalue weighted by atomic mass is 10.1. The minimum Gasteiger partial charge on any atom is -0.471 e. The summed E-state index contributed by atoms with van der Waals surface area (Å²) >= 11 is 0. The van der Waals surface area contributed by atoms with Crippen molar-refractivity contribution in [2.75, 3.05) is 17.9 Å². The number of nitrogens with zero attached hydrogens (tertiary/aromatic N) is 1. The minimum atomic E-state index is -3.65. The predicted molar refractivity (Wildman–Crippen MR) is 109 cm³/mol. The highest BCUT2D eigenvalue weighted by Crippen LogP contribution is 2.39. The summed E-state index contributed by atoms with van der Waals surface area (Å²) in [4.78, 5) is 0. The van der Waals surface area contributed by atoms with E-state index in [1.807, 2.05) is 61.7 Å². The Morgan fingerprint density at radius 3 is 2.81 bits per heavy atom. The maximum Gasteiger partial charge on any atom is 0.277 e. The Kier molecular flexibility index (Phi) is 4.93. The normalized spacial score (nSPS) is 21.2. The third kappa shape index (κ3) is 3.35. The molecule has 1 aliphatic heterocycles. The van der Waals surface area contributed by atoms with Crippen LogP contribution in [0.1, 0.15) is 25.7 Å². The Bertz CT molecular complexity index is 1010. The van der Waals surface area contributed by atoms with Crippen LogP contribution >= 0.6 is 0 Å². The highest BCUT2D eigenvalue weighted by atomic mass is 32.2. The van der Waals surface area contributed by atoms with E-state index in [0.717, 1.165) is 35.9 Å². The first-order chi connectivity index (χ1) is 13.1. The fraction of sp³-hybridized carbons (Fsp3) is 0.333. The molecule has 142 valence electrons. The van der Waals surface area contributed by atoms with Gasteiger partial charge in [-0.3, -0.25) is 0 Å². The molecule has 0 radical (unpaired) electrons. The molecule has 1 N–H and O–H groups in total. The molecule has 1 unspecified atom stereocenters. The number of rotatable bonds is 5. The zero-order valence-corrected chi connectivity index (χ0v) is 16.2. The number of sulfonamides is 1. The van der Waals surface area contributed by atoms with Crippen molar-refractivity contribution in [3.8, 4) is 0 Å². The molecule has 0 bridgehead atoms. The van der Waals surface area contributed by atoms with Gasteiger partial charge in [0.15, 0.2) is 0 Å². The van der Waals surface area contributed by atoms with E-state index in [1.54, 1.807) is 0 Å². The lowest BCUT2D eigenvalue weighted by Crippen LogP contribution is -2.44. The molecule has 0 spiro atoms. The van der Waals surface area contributed by atoms with Gasteiger partial charge in [0, 0.05) is 6.42 Å². The smallest absolute Gasteiger partial charge is 0.277 e. The van der Waals surface area contributed by atoms with E-state index in [9.17, 15) is 8.42 Å². The van der Waals surface area contributed by atoms with Gasteiger partial charge in [0.2, 0.25) is 5.44 Å². The van der Waals surface area contributed by atoms with Crippen LogP contribution in [0.5, 0.6) is 0 Å². The highest BCUT2D eigenvalue weighted by molar-refractivity contribution is 7.93. The van der Waals surface area contributed by atoms with Crippen LogP contribution in [-0.4, -0.2) is 27.4 Å². The van der Waals surface area contributed by atoms with Crippen LogP contribution in [0.25, 0.3) is 10.8 Å². The molecule has 0 amide bonds. The summed E-state index contributed by atoms with van der Waals surface area (Å²) in [6, 6.07) is 13.8. The van der Waals surface area contributed by atoms with E-state index in [1.165, 1.54) is 4.31 Å². The van der Waals surface area contributed by atoms with Gasteiger partial charge >= 0.3 is 0 Å². The number of ether oxygens (including phenoxy) is 1. The monoisotopic (exact) mass is 384 g/mol. The quantitative estimate of drug-likeness (QED) is 0.795. The zero-order chi connectivity index (χ0) is 18.9. The zero-order valence-electron chi connectivity index (χ0n) is 15.4. The number of fused-ring (bicyclic) bond motifs is 1. The van der Waals surface area contributed by atoms with Crippen LogP contribution in [-0.2, 0) is 14.8 Å². The van der Waals surface area contributed by atoms with E-state index in [0.29, 0.717) is 24.3 Å². The van der Waals surface area contributed by atoms with Crippen molar-refractivity contribution in [3.63, 3.8) is 0 Å². The molecule has 0 aromatic heterocycles. The molecule has 0 saturated carbocycles. The first-order valence-electron chi connectivity index (χ1n) is 9.35. The Morgan fingerprint density at radius 2 is 2.00 bits per heavy atom. The number of anilines is 1. The maximum atomic E-state index is 13.4.